The third-order valence-electron chi connectivity index (χ3n) is 5.85. The first-order valence-corrected chi connectivity index (χ1v) is 11.9. The van der Waals surface area contributed by atoms with E-state index in [1.54, 1.807) is 4.57 Å². The summed E-state index contributed by atoms with van der Waals surface area (Å²) in [5.74, 6) is 0.684. The van der Waals surface area contributed by atoms with Crippen molar-refractivity contribution in [3.8, 4) is 0 Å². The quantitative estimate of drug-likeness (QED) is 0.639. The molecule has 7 heteroatoms. The van der Waals surface area contributed by atoms with Gasteiger partial charge in [-0.15, -0.1) is 23.1 Å². The van der Waals surface area contributed by atoms with Crippen molar-refractivity contribution >= 4 is 44.9 Å². The molecular weight excluding hydrogens is 402 g/mol. The summed E-state index contributed by atoms with van der Waals surface area (Å²) in [5.41, 5.74) is 1.58. The van der Waals surface area contributed by atoms with Crippen LogP contribution < -0.4 is 10.9 Å². The van der Waals surface area contributed by atoms with Crippen LogP contribution >= 0.6 is 23.1 Å². The Balaban J connectivity index is 1.46. The maximum Gasteiger partial charge on any atom is 0.266 e. The lowest BCUT2D eigenvalue weighted by Crippen LogP contribution is -2.20. The fraction of sp³-hybridized carbons (Fsp3) is 0.409. The molecular formula is C22H23N3O2S2. The van der Waals surface area contributed by atoms with Gasteiger partial charge in [-0.3, -0.25) is 14.2 Å². The number of aryl methyl sites for hydroxylation is 2. The van der Waals surface area contributed by atoms with Gasteiger partial charge in [0.25, 0.3) is 11.5 Å². The minimum Gasteiger partial charge on any atom is -0.320 e. The number of carbonyl (C=O) groups excluding carboxylic acids is 1. The van der Waals surface area contributed by atoms with E-state index in [0.29, 0.717) is 20.3 Å². The minimum absolute atomic E-state index is 0.00695. The van der Waals surface area contributed by atoms with Crippen LogP contribution in [-0.2, 0) is 13.0 Å². The number of hydrogen-bond acceptors (Lipinski definition) is 5. The normalized spacial score (nSPS) is 16.4. The summed E-state index contributed by atoms with van der Waals surface area (Å²) in [6.07, 6.45) is 6.85. The first kappa shape index (κ1) is 18.9. The zero-order valence-corrected chi connectivity index (χ0v) is 18.0. The van der Waals surface area contributed by atoms with E-state index in [2.05, 4.69) is 16.4 Å². The number of thioether (sulfide) groups is 1. The molecule has 0 bridgehead atoms. The lowest BCUT2D eigenvalue weighted by atomic mass is 10.2. The molecule has 150 valence electrons. The van der Waals surface area contributed by atoms with Gasteiger partial charge in [0.1, 0.15) is 10.7 Å². The molecule has 0 radical (unpaired) electrons. The number of amides is 1. The minimum atomic E-state index is -0.158. The number of nitrogens with zero attached hydrogens (tertiary/aromatic N) is 2. The number of para-hydroxylation sites is 1. The van der Waals surface area contributed by atoms with E-state index >= 15 is 0 Å². The zero-order chi connectivity index (χ0) is 20.0. The van der Waals surface area contributed by atoms with Crippen LogP contribution in [0.4, 0.5) is 5.69 Å². The number of hydrogen-bond donors (Lipinski definition) is 1. The highest BCUT2D eigenvalue weighted by Crippen LogP contribution is 2.38. The third kappa shape index (κ3) is 3.40. The topological polar surface area (TPSA) is 64.0 Å². The molecule has 1 aliphatic carbocycles. The lowest BCUT2D eigenvalue weighted by Gasteiger charge is -2.14. The molecule has 0 spiro atoms. The van der Waals surface area contributed by atoms with Crippen LogP contribution in [0, 0.1) is 6.92 Å². The Kier molecular flexibility index (Phi) is 4.95. The van der Waals surface area contributed by atoms with Crippen LogP contribution in [0.1, 0.15) is 53.2 Å². The predicted octanol–water partition coefficient (Wildman–Crippen LogP) is 5.00. The molecule has 5 nitrogen and oxygen atoms in total. The van der Waals surface area contributed by atoms with Crippen LogP contribution in [0.5, 0.6) is 0 Å². The van der Waals surface area contributed by atoms with Crippen molar-refractivity contribution < 1.29 is 4.79 Å². The second-order valence-corrected chi connectivity index (χ2v) is 10.1. The molecule has 1 saturated carbocycles. The largest absolute Gasteiger partial charge is 0.320 e. The van der Waals surface area contributed by atoms with E-state index in [4.69, 9.17) is 0 Å². The average Bonchev–Trinajstić information content (AvgIpc) is 3.44. The van der Waals surface area contributed by atoms with Crippen molar-refractivity contribution in [2.75, 3.05) is 5.32 Å². The first-order chi connectivity index (χ1) is 14.1. The lowest BCUT2D eigenvalue weighted by molar-refractivity contribution is 0.103. The number of carbonyl (C=O) groups is 1. The van der Waals surface area contributed by atoms with Gasteiger partial charge in [-0.25, -0.2) is 4.98 Å². The van der Waals surface area contributed by atoms with Crippen LogP contribution in [0.15, 0.2) is 34.0 Å². The molecule has 3 heterocycles. The van der Waals surface area contributed by atoms with Crippen LogP contribution in [0.25, 0.3) is 10.2 Å². The Bertz CT molecular complexity index is 1160. The van der Waals surface area contributed by atoms with E-state index in [1.165, 1.54) is 37.0 Å². The Hall–Kier alpha value is -2.12. The molecule has 0 unspecified atom stereocenters. The first-order valence-electron chi connectivity index (χ1n) is 10.2. The second-order valence-electron chi connectivity index (χ2n) is 7.80. The van der Waals surface area contributed by atoms with Gasteiger partial charge in [-0.2, -0.15) is 0 Å². The van der Waals surface area contributed by atoms with Crippen molar-refractivity contribution in [3.63, 3.8) is 0 Å². The number of thiophene rings is 1. The number of fused-ring (bicyclic) bond motifs is 2. The monoisotopic (exact) mass is 425 g/mol. The highest BCUT2D eigenvalue weighted by molar-refractivity contribution is 8.00. The van der Waals surface area contributed by atoms with Crippen LogP contribution in [0.2, 0.25) is 0 Å². The molecule has 1 aliphatic heterocycles. The molecule has 2 aromatic heterocycles. The molecule has 1 aromatic carbocycles. The van der Waals surface area contributed by atoms with Gasteiger partial charge in [0.05, 0.1) is 16.0 Å². The SMILES string of the molecule is Cc1c(C(=O)Nc2ccccc2SC2CCCC2)sc2nc3n(c(=O)c12)CCC3. The van der Waals surface area contributed by atoms with Gasteiger partial charge in [-0.05, 0) is 43.9 Å². The molecule has 5 rings (SSSR count). The average molecular weight is 426 g/mol. The molecule has 29 heavy (non-hydrogen) atoms. The van der Waals surface area contributed by atoms with Gasteiger partial charge < -0.3 is 5.32 Å². The molecule has 1 fully saturated rings. The van der Waals surface area contributed by atoms with Gasteiger partial charge in [0, 0.05) is 23.1 Å². The maximum atomic E-state index is 13.1. The summed E-state index contributed by atoms with van der Waals surface area (Å²) >= 11 is 3.19. The van der Waals surface area contributed by atoms with E-state index < -0.39 is 0 Å². The van der Waals surface area contributed by atoms with Crippen LogP contribution in [0.3, 0.4) is 0 Å². The number of anilines is 1. The zero-order valence-electron chi connectivity index (χ0n) is 16.4. The number of benzene rings is 1. The number of aromatic nitrogens is 2. The third-order valence-corrected chi connectivity index (χ3v) is 8.45. The summed E-state index contributed by atoms with van der Waals surface area (Å²) in [7, 11) is 0. The Labute approximate surface area is 177 Å². The van der Waals surface area contributed by atoms with Crippen molar-refractivity contribution in [2.45, 2.75) is 62.1 Å². The van der Waals surface area contributed by atoms with E-state index in [9.17, 15) is 9.59 Å². The fourth-order valence-corrected chi connectivity index (χ4v) is 6.75. The van der Waals surface area contributed by atoms with Gasteiger partial charge in [-0.1, -0.05) is 25.0 Å². The smallest absolute Gasteiger partial charge is 0.266 e. The van der Waals surface area contributed by atoms with Crippen molar-refractivity contribution in [1.29, 1.82) is 0 Å². The number of rotatable bonds is 4. The summed E-state index contributed by atoms with van der Waals surface area (Å²) in [5, 5.41) is 4.32. The standard InChI is InChI=1S/C22H23N3O2S2/c1-13-18-21(24-17-11-6-12-25(17)22(18)27)29-19(13)20(26)23-15-9-4-5-10-16(15)28-14-7-2-3-8-14/h4-5,9-10,14H,2-3,6-8,11-12H2,1H3,(H,23,26). The molecule has 1 N–H and O–H groups in total. The molecule has 1 amide bonds. The number of nitrogens with one attached hydrogen (secondary N) is 1. The second kappa shape index (κ2) is 7.61. The summed E-state index contributed by atoms with van der Waals surface area (Å²) in [6.45, 7) is 2.58. The highest BCUT2D eigenvalue weighted by atomic mass is 32.2. The van der Waals surface area contributed by atoms with Gasteiger partial charge >= 0.3 is 0 Å². The predicted molar refractivity (Wildman–Crippen MR) is 119 cm³/mol. The maximum absolute atomic E-state index is 13.1. The summed E-state index contributed by atoms with van der Waals surface area (Å²) < 4.78 is 1.76. The molecule has 3 aromatic rings. The Morgan fingerprint density at radius 1 is 1.24 bits per heavy atom. The Morgan fingerprint density at radius 3 is 2.86 bits per heavy atom. The summed E-state index contributed by atoms with van der Waals surface area (Å²) in [4.78, 5) is 33.0. The van der Waals surface area contributed by atoms with Crippen LogP contribution in [-0.4, -0.2) is 20.7 Å². The van der Waals surface area contributed by atoms with E-state index in [1.807, 2.05) is 36.9 Å². The van der Waals surface area contributed by atoms with Crippen molar-refractivity contribution in [2.24, 2.45) is 0 Å². The Morgan fingerprint density at radius 2 is 2.03 bits per heavy atom. The van der Waals surface area contributed by atoms with E-state index in [-0.39, 0.29) is 11.5 Å². The van der Waals surface area contributed by atoms with E-state index in [0.717, 1.165) is 41.4 Å². The van der Waals surface area contributed by atoms with Gasteiger partial charge in [0.2, 0.25) is 0 Å². The molecule has 2 aliphatic rings. The van der Waals surface area contributed by atoms with Crippen molar-refractivity contribution in [3.05, 3.63) is 50.9 Å². The summed E-state index contributed by atoms with van der Waals surface area (Å²) in [6, 6.07) is 8.00. The fourth-order valence-electron chi connectivity index (χ4n) is 4.33. The highest BCUT2D eigenvalue weighted by Gasteiger charge is 2.24. The molecule has 0 saturated heterocycles. The van der Waals surface area contributed by atoms with Gasteiger partial charge in [0.15, 0.2) is 0 Å². The van der Waals surface area contributed by atoms with Crippen molar-refractivity contribution in [1.82, 2.24) is 9.55 Å². The molecule has 0 atom stereocenters.